The number of carbonyl (C=O) groups is 2. The number of aromatic nitrogens is 3. The number of carboxylic acids is 1. The van der Waals surface area contributed by atoms with Crippen molar-refractivity contribution in [2.75, 3.05) is 17.6 Å². The lowest BCUT2D eigenvalue weighted by Crippen LogP contribution is -2.20. The first-order chi connectivity index (χ1) is 18.5. The molecule has 4 aromatic rings. The summed E-state index contributed by atoms with van der Waals surface area (Å²) in [5.41, 5.74) is -0.204. The molecule has 0 saturated carbocycles. The molecule has 2 aromatic carbocycles. The highest BCUT2D eigenvalue weighted by molar-refractivity contribution is 7.92. The fourth-order valence-electron chi connectivity index (χ4n) is 4.41. The van der Waals surface area contributed by atoms with Gasteiger partial charge in [-0.15, -0.1) is 0 Å². The Morgan fingerprint density at radius 3 is 2.49 bits per heavy atom. The summed E-state index contributed by atoms with van der Waals surface area (Å²) in [5.74, 6) is -4.56. The Morgan fingerprint density at radius 1 is 1.10 bits per heavy atom. The van der Waals surface area contributed by atoms with E-state index in [2.05, 4.69) is 10.1 Å². The molecule has 13 heteroatoms. The SMILES string of the molecule is CS(=O)(=O)Nc1c(F)ccc(C(=O)c2nn(C3CCCCO3)c3ncc(-c4ccc(C(=O)O)cc4)cc23)c1F. The largest absolute Gasteiger partial charge is 0.478 e. The van der Waals surface area contributed by atoms with Crippen LogP contribution in [0.15, 0.2) is 48.7 Å². The van der Waals surface area contributed by atoms with Crippen LogP contribution in [0.2, 0.25) is 0 Å². The lowest BCUT2D eigenvalue weighted by Gasteiger charge is -2.23. The van der Waals surface area contributed by atoms with E-state index in [0.29, 0.717) is 29.8 Å². The number of benzene rings is 2. The van der Waals surface area contributed by atoms with E-state index in [9.17, 15) is 27.5 Å². The van der Waals surface area contributed by atoms with Gasteiger partial charge >= 0.3 is 5.97 Å². The van der Waals surface area contributed by atoms with E-state index in [-0.39, 0.29) is 16.6 Å². The van der Waals surface area contributed by atoms with E-state index in [0.717, 1.165) is 31.2 Å². The minimum atomic E-state index is -4.04. The number of aromatic carboxylic acids is 1. The van der Waals surface area contributed by atoms with Crippen molar-refractivity contribution >= 4 is 38.5 Å². The van der Waals surface area contributed by atoms with Crippen LogP contribution in [0.5, 0.6) is 0 Å². The second-order valence-corrected chi connectivity index (χ2v) is 10.8. The summed E-state index contributed by atoms with van der Waals surface area (Å²) < 4.78 is 61.9. The molecule has 1 aliphatic rings. The zero-order valence-electron chi connectivity index (χ0n) is 20.5. The maximum Gasteiger partial charge on any atom is 0.335 e. The third kappa shape index (κ3) is 5.22. The molecular weight excluding hydrogens is 534 g/mol. The predicted molar refractivity (Wildman–Crippen MR) is 137 cm³/mol. The number of nitrogens with zero attached hydrogens (tertiary/aromatic N) is 3. The molecular formula is C26H22F2N4O6S. The fourth-order valence-corrected chi connectivity index (χ4v) is 4.96. The summed E-state index contributed by atoms with van der Waals surface area (Å²) in [6.07, 6.45) is 4.09. The zero-order valence-corrected chi connectivity index (χ0v) is 21.3. The van der Waals surface area contributed by atoms with Gasteiger partial charge in [0.15, 0.2) is 17.7 Å². The van der Waals surface area contributed by atoms with Crippen molar-refractivity contribution in [1.82, 2.24) is 14.8 Å². The molecule has 0 bridgehead atoms. The van der Waals surface area contributed by atoms with E-state index in [4.69, 9.17) is 4.74 Å². The van der Waals surface area contributed by atoms with Crippen molar-refractivity contribution < 1.29 is 36.6 Å². The highest BCUT2D eigenvalue weighted by Crippen LogP contribution is 2.32. The third-order valence-corrected chi connectivity index (χ3v) is 6.85. The van der Waals surface area contributed by atoms with Crippen LogP contribution >= 0.6 is 0 Å². The Balaban J connectivity index is 1.66. The second kappa shape index (κ2) is 10.2. The number of sulfonamides is 1. The molecule has 1 unspecified atom stereocenters. The first-order valence-electron chi connectivity index (χ1n) is 11.9. The van der Waals surface area contributed by atoms with Crippen LogP contribution in [-0.2, 0) is 14.8 Å². The Hall–Kier alpha value is -4.23. The normalized spacial score (nSPS) is 15.8. The number of carboxylic acid groups (broad SMARTS) is 1. The van der Waals surface area contributed by atoms with Gasteiger partial charge in [0.25, 0.3) is 0 Å². The van der Waals surface area contributed by atoms with Gasteiger partial charge in [-0.05, 0) is 55.2 Å². The third-order valence-electron chi connectivity index (χ3n) is 6.28. The second-order valence-electron chi connectivity index (χ2n) is 9.08. The summed E-state index contributed by atoms with van der Waals surface area (Å²) in [6, 6.07) is 9.37. The highest BCUT2D eigenvalue weighted by Gasteiger charge is 2.29. The van der Waals surface area contributed by atoms with Crippen molar-refractivity contribution in [3.05, 3.63) is 77.1 Å². The quantitative estimate of drug-likeness (QED) is 0.320. The first kappa shape index (κ1) is 26.4. The number of halogens is 2. The van der Waals surface area contributed by atoms with Crippen LogP contribution < -0.4 is 4.72 Å². The van der Waals surface area contributed by atoms with Crippen molar-refractivity contribution in [1.29, 1.82) is 0 Å². The molecule has 5 rings (SSSR count). The van der Waals surface area contributed by atoms with Crippen LogP contribution in [-0.4, -0.2) is 52.9 Å². The minimum absolute atomic E-state index is 0.0937. The summed E-state index contributed by atoms with van der Waals surface area (Å²) in [4.78, 5) is 29.3. The molecule has 3 heterocycles. The van der Waals surface area contributed by atoms with Crippen LogP contribution in [0.1, 0.15) is 51.9 Å². The summed E-state index contributed by atoms with van der Waals surface area (Å²) >= 11 is 0. The van der Waals surface area contributed by atoms with Gasteiger partial charge in [-0.1, -0.05) is 12.1 Å². The molecule has 10 nitrogen and oxygen atoms in total. The Morgan fingerprint density at radius 2 is 1.85 bits per heavy atom. The summed E-state index contributed by atoms with van der Waals surface area (Å²) in [5, 5.41) is 13.9. The number of fused-ring (bicyclic) bond motifs is 1. The Bertz CT molecular complexity index is 1710. The molecule has 0 radical (unpaired) electrons. The lowest BCUT2D eigenvalue weighted by molar-refractivity contribution is -0.0371. The number of pyridine rings is 1. The van der Waals surface area contributed by atoms with E-state index >= 15 is 4.39 Å². The molecule has 1 atom stereocenters. The maximum atomic E-state index is 15.3. The summed E-state index contributed by atoms with van der Waals surface area (Å²) in [6.45, 7) is 0.483. The monoisotopic (exact) mass is 556 g/mol. The topological polar surface area (TPSA) is 140 Å². The first-order valence-corrected chi connectivity index (χ1v) is 13.8. The smallest absolute Gasteiger partial charge is 0.335 e. The maximum absolute atomic E-state index is 15.3. The van der Waals surface area contributed by atoms with Crippen molar-refractivity contribution in [2.24, 2.45) is 0 Å². The van der Waals surface area contributed by atoms with Gasteiger partial charge in [0.2, 0.25) is 15.8 Å². The number of nitrogens with one attached hydrogen (secondary N) is 1. The predicted octanol–water partition coefficient (Wildman–Crippen LogP) is 4.38. The zero-order chi connectivity index (χ0) is 27.9. The number of ether oxygens (including phenoxy) is 1. The number of carbonyl (C=O) groups excluding carboxylic acids is 1. The molecule has 0 aliphatic carbocycles. The van der Waals surface area contributed by atoms with Crippen LogP contribution in [0.3, 0.4) is 0 Å². The lowest BCUT2D eigenvalue weighted by atomic mass is 10.0. The van der Waals surface area contributed by atoms with E-state index in [1.54, 1.807) is 29.1 Å². The number of ketones is 1. The molecule has 0 spiro atoms. The standard InChI is InChI=1S/C26H22F2N4O6S/c1-39(36,37)31-23-19(27)10-9-17(21(23)28)24(33)22-18-12-16(14-5-7-15(8-6-14)26(34)35)13-29-25(18)32(30-22)20-4-2-3-11-38-20/h5-10,12-13,20,31H,2-4,11H2,1H3,(H,34,35). The minimum Gasteiger partial charge on any atom is -0.478 e. The average Bonchev–Trinajstić information content (AvgIpc) is 3.30. The fraction of sp³-hybridized carbons (Fsp3) is 0.231. The van der Waals surface area contributed by atoms with E-state index in [1.807, 2.05) is 0 Å². The number of rotatable bonds is 7. The molecule has 1 saturated heterocycles. The molecule has 1 aliphatic heterocycles. The van der Waals surface area contributed by atoms with Gasteiger partial charge in [-0.3, -0.25) is 9.52 Å². The Kier molecular flexibility index (Phi) is 6.87. The van der Waals surface area contributed by atoms with Crippen LogP contribution in [0.4, 0.5) is 14.5 Å². The van der Waals surface area contributed by atoms with Crippen LogP contribution in [0.25, 0.3) is 22.2 Å². The molecule has 1 fully saturated rings. The van der Waals surface area contributed by atoms with Crippen molar-refractivity contribution in [3.8, 4) is 11.1 Å². The molecule has 2 aromatic heterocycles. The number of anilines is 1. The number of hydrogen-bond acceptors (Lipinski definition) is 7. The van der Waals surface area contributed by atoms with Gasteiger partial charge in [0.1, 0.15) is 17.2 Å². The van der Waals surface area contributed by atoms with E-state index in [1.165, 1.54) is 16.8 Å². The number of hydrogen-bond donors (Lipinski definition) is 2. The summed E-state index contributed by atoms with van der Waals surface area (Å²) in [7, 11) is -4.04. The molecule has 0 amide bonds. The van der Waals surface area contributed by atoms with Crippen LogP contribution in [0, 0.1) is 11.6 Å². The van der Waals surface area contributed by atoms with Gasteiger partial charge in [-0.2, -0.15) is 5.10 Å². The average molecular weight is 557 g/mol. The Labute approximate surface area is 221 Å². The van der Waals surface area contributed by atoms with Gasteiger partial charge in [0.05, 0.1) is 22.8 Å². The van der Waals surface area contributed by atoms with E-state index < -0.39 is 50.9 Å². The van der Waals surface area contributed by atoms with Gasteiger partial charge in [0, 0.05) is 18.4 Å². The van der Waals surface area contributed by atoms with Gasteiger partial charge in [-0.25, -0.2) is 31.7 Å². The highest BCUT2D eigenvalue weighted by atomic mass is 32.2. The molecule has 2 N–H and O–H groups in total. The van der Waals surface area contributed by atoms with Gasteiger partial charge < -0.3 is 9.84 Å². The van der Waals surface area contributed by atoms with Crippen molar-refractivity contribution in [2.45, 2.75) is 25.5 Å². The van der Waals surface area contributed by atoms with Crippen molar-refractivity contribution in [3.63, 3.8) is 0 Å². The molecule has 202 valence electrons. The molecule has 39 heavy (non-hydrogen) atoms.